The highest BCUT2D eigenvalue weighted by molar-refractivity contribution is 6.07. The number of benzene rings is 6. The van der Waals surface area contributed by atoms with E-state index in [9.17, 15) is 10.2 Å². The third-order valence-corrected chi connectivity index (χ3v) is 14.8. The van der Waals surface area contributed by atoms with Crippen LogP contribution < -0.4 is 9.80 Å². The summed E-state index contributed by atoms with van der Waals surface area (Å²) in [7, 11) is 0. The quantitative estimate of drug-likeness (QED) is 0.0381. The predicted octanol–water partition coefficient (Wildman–Crippen LogP) is 16.4. The van der Waals surface area contributed by atoms with Gasteiger partial charge in [0.05, 0.1) is 12.2 Å². The number of aliphatic hydroxyl groups excluding tert-OH is 2. The molecule has 1 aliphatic carbocycles. The minimum atomic E-state index is -0.711. The molecule has 64 heavy (non-hydrogen) atoms. The standard InChI is InChI=1S/C60H82N2O2/c1-5-9-13-17-25-37-61(38-26-18-14-10-6-2)55-35-33-49(51-41-45-29-21-23-31-47(45)43-53(51)55)57-59(63)58(60(57)64)50-34-36-56(54-44-48-32-24-22-30-46(48)42-52(50)54)62(39-27-19-15-11-7-3)40-28-20-16-12-8-4/h21-24,29-36,41-44,57-60,63-64H,5-20,25-28,37-40H2,1-4H3. The molecule has 6 aromatic rings. The van der Waals surface area contributed by atoms with Gasteiger partial charge in [0, 0.05) is 60.2 Å². The number of fused-ring (bicyclic) bond motifs is 4. The van der Waals surface area contributed by atoms with E-state index in [1.165, 1.54) is 183 Å². The lowest BCUT2D eigenvalue weighted by atomic mass is 9.62. The molecule has 0 heterocycles. The summed E-state index contributed by atoms with van der Waals surface area (Å²) in [5, 5.41) is 34.7. The Hall–Kier alpha value is -4.12. The number of hydrogen-bond donors (Lipinski definition) is 2. The number of anilines is 2. The van der Waals surface area contributed by atoms with Gasteiger partial charge in [0.25, 0.3) is 0 Å². The molecule has 344 valence electrons. The first-order valence-electron chi connectivity index (χ1n) is 26.3. The minimum Gasteiger partial charge on any atom is -0.392 e. The Labute approximate surface area is 387 Å². The van der Waals surface area contributed by atoms with Crippen molar-refractivity contribution in [2.24, 2.45) is 0 Å². The molecule has 6 aromatic carbocycles. The Bertz CT molecular complexity index is 2150. The van der Waals surface area contributed by atoms with Crippen molar-refractivity contribution in [3.63, 3.8) is 0 Å². The van der Waals surface area contributed by atoms with Gasteiger partial charge < -0.3 is 20.0 Å². The first-order valence-corrected chi connectivity index (χ1v) is 26.3. The van der Waals surface area contributed by atoms with Crippen LogP contribution in [0.5, 0.6) is 0 Å². The molecule has 1 saturated carbocycles. The van der Waals surface area contributed by atoms with Crippen LogP contribution in [0.2, 0.25) is 0 Å². The zero-order valence-corrected chi connectivity index (χ0v) is 40.3. The molecule has 4 nitrogen and oxygen atoms in total. The first kappa shape index (κ1) is 47.8. The van der Waals surface area contributed by atoms with Gasteiger partial charge in [-0.15, -0.1) is 0 Å². The van der Waals surface area contributed by atoms with Crippen molar-refractivity contribution in [3.05, 3.63) is 108 Å². The molecular weight excluding hydrogens is 781 g/mol. The van der Waals surface area contributed by atoms with E-state index in [1.807, 2.05) is 0 Å². The van der Waals surface area contributed by atoms with E-state index in [1.54, 1.807) is 0 Å². The summed E-state index contributed by atoms with van der Waals surface area (Å²) in [4.78, 5) is 5.32. The number of hydrogen-bond acceptors (Lipinski definition) is 4. The van der Waals surface area contributed by atoms with Crippen molar-refractivity contribution in [1.82, 2.24) is 0 Å². The summed E-state index contributed by atoms with van der Waals surface area (Å²) in [5.41, 5.74) is 4.72. The molecule has 0 atom stereocenters. The van der Waals surface area contributed by atoms with Crippen LogP contribution in [-0.4, -0.2) is 48.6 Å². The molecule has 0 amide bonds. The lowest BCUT2D eigenvalue weighted by molar-refractivity contribution is -0.0775. The maximum atomic E-state index is 12.5. The zero-order chi connectivity index (χ0) is 44.7. The Kier molecular flexibility index (Phi) is 18.2. The Morgan fingerprint density at radius 3 is 0.922 bits per heavy atom. The molecule has 1 fully saturated rings. The van der Waals surface area contributed by atoms with Crippen LogP contribution in [0.1, 0.15) is 179 Å². The van der Waals surface area contributed by atoms with Crippen LogP contribution in [0, 0.1) is 0 Å². The lowest BCUT2D eigenvalue weighted by Gasteiger charge is -2.48. The molecule has 7 rings (SSSR count). The highest BCUT2D eigenvalue weighted by Gasteiger charge is 2.51. The maximum Gasteiger partial charge on any atom is 0.0727 e. The number of nitrogens with zero attached hydrogens (tertiary/aromatic N) is 2. The topological polar surface area (TPSA) is 46.9 Å². The molecule has 0 aromatic heterocycles. The van der Waals surface area contributed by atoms with E-state index < -0.39 is 12.2 Å². The van der Waals surface area contributed by atoms with Crippen LogP contribution in [0.25, 0.3) is 43.1 Å². The van der Waals surface area contributed by atoms with E-state index in [0.717, 1.165) is 37.3 Å². The Morgan fingerprint density at radius 2 is 0.625 bits per heavy atom. The first-order chi connectivity index (χ1) is 31.5. The second-order valence-corrected chi connectivity index (χ2v) is 19.5. The smallest absolute Gasteiger partial charge is 0.0727 e. The summed E-state index contributed by atoms with van der Waals surface area (Å²) in [5.74, 6) is -0.755. The summed E-state index contributed by atoms with van der Waals surface area (Å²) in [6.45, 7) is 13.4. The average molecular weight is 863 g/mol. The van der Waals surface area contributed by atoms with Crippen LogP contribution in [-0.2, 0) is 0 Å². The lowest BCUT2D eigenvalue weighted by Crippen LogP contribution is -2.51. The maximum absolute atomic E-state index is 12.5. The van der Waals surface area contributed by atoms with E-state index in [-0.39, 0.29) is 11.8 Å². The van der Waals surface area contributed by atoms with Gasteiger partial charge in [-0.3, -0.25) is 0 Å². The third kappa shape index (κ3) is 11.5. The van der Waals surface area contributed by atoms with Crippen molar-refractivity contribution >= 4 is 54.5 Å². The molecule has 1 aliphatic rings. The average Bonchev–Trinajstić information content (AvgIpc) is 3.31. The number of aliphatic hydroxyl groups is 2. The summed E-state index contributed by atoms with van der Waals surface area (Å²) < 4.78 is 0. The van der Waals surface area contributed by atoms with E-state index >= 15 is 0 Å². The van der Waals surface area contributed by atoms with Gasteiger partial charge in [-0.25, -0.2) is 0 Å². The Balaban J connectivity index is 1.24. The van der Waals surface area contributed by atoms with Gasteiger partial charge >= 0.3 is 0 Å². The normalized spacial score (nSPS) is 17.5. The molecule has 0 aliphatic heterocycles. The van der Waals surface area contributed by atoms with Gasteiger partial charge in [0.2, 0.25) is 0 Å². The Morgan fingerprint density at radius 1 is 0.344 bits per heavy atom. The van der Waals surface area contributed by atoms with Gasteiger partial charge in [-0.1, -0.05) is 191 Å². The van der Waals surface area contributed by atoms with Crippen LogP contribution in [0.15, 0.2) is 97.1 Å². The fourth-order valence-electron chi connectivity index (χ4n) is 11.0. The fourth-order valence-corrected chi connectivity index (χ4v) is 11.0. The second-order valence-electron chi connectivity index (χ2n) is 19.5. The highest BCUT2D eigenvalue weighted by atomic mass is 16.3. The molecular formula is C60H82N2O2. The zero-order valence-electron chi connectivity index (χ0n) is 40.3. The molecule has 0 saturated heterocycles. The van der Waals surface area contributed by atoms with E-state index in [2.05, 4.69) is 135 Å². The van der Waals surface area contributed by atoms with Crippen LogP contribution in [0.3, 0.4) is 0 Å². The van der Waals surface area contributed by atoms with Gasteiger partial charge in [0.1, 0.15) is 0 Å². The van der Waals surface area contributed by atoms with E-state index in [0.29, 0.717) is 0 Å². The number of unbranched alkanes of at least 4 members (excludes halogenated alkanes) is 16. The molecule has 0 bridgehead atoms. The predicted molar refractivity (Wildman–Crippen MR) is 280 cm³/mol. The van der Waals surface area contributed by atoms with Crippen molar-refractivity contribution in [2.45, 2.75) is 180 Å². The summed E-state index contributed by atoms with van der Waals surface area (Å²) in [6, 6.07) is 36.0. The third-order valence-electron chi connectivity index (χ3n) is 14.8. The minimum absolute atomic E-state index is 0.378. The highest BCUT2D eigenvalue weighted by Crippen LogP contribution is 2.53. The summed E-state index contributed by atoms with van der Waals surface area (Å²) in [6.07, 6.45) is 23.9. The second kappa shape index (κ2) is 24.4. The number of rotatable bonds is 28. The van der Waals surface area contributed by atoms with Crippen LogP contribution >= 0.6 is 0 Å². The molecule has 0 spiro atoms. The van der Waals surface area contributed by atoms with Gasteiger partial charge in [-0.05, 0) is 106 Å². The molecule has 0 unspecified atom stereocenters. The van der Waals surface area contributed by atoms with Crippen molar-refractivity contribution < 1.29 is 10.2 Å². The van der Waals surface area contributed by atoms with Gasteiger partial charge in [0.15, 0.2) is 0 Å². The van der Waals surface area contributed by atoms with Gasteiger partial charge in [-0.2, -0.15) is 0 Å². The van der Waals surface area contributed by atoms with E-state index in [4.69, 9.17) is 0 Å². The van der Waals surface area contributed by atoms with Crippen molar-refractivity contribution in [3.8, 4) is 0 Å². The fraction of sp³-hybridized carbons (Fsp3) is 0.533. The SMILES string of the molecule is CCCCCCCN(CCCCCCC)c1ccc(C2C(O)C(c3ccc(N(CCCCCCC)CCCCCCC)c4cc5ccccc5cc34)C2O)c2cc3ccccc3cc12. The monoisotopic (exact) mass is 863 g/mol. The summed E-state index contributed by atoms with van der Waals surface area (Å²) >= 11 is 0. The molecule has 0 radical (unpaired) electrons. The van der Waals surface area contributed by atoms with Crippen molar-refractivity contribution in [1.29, 1.82) is 0 Å². The van der Waals surface area contributed by atoms with Crippen LogP contribution in [0.4, 0.5) is 11.4 Å². The molecule has 2 N–H and O–H groups in total. The molecule has 4 heteroatoms. The van der Waals surface area contributed by atoms with Crippen molar-refractivity contribution in [2.75, 3.05) is 36.0 Å². The largest absolute Gasteiger partial charge is 0.392 e.